The summed E-state index contributed by atoms with van der Waals surface area (Å²) in [5.74, 6) is 0.0225. The summed E-state index contributed by atoms with van der Waals surface area (Å²) in [7, 11) is 0. The summed E-state index contributed by atoms with van der Waals surface area (Å²) in [6, 6.07) is 7.15. The number of hydrogen-bond donors (Lipinski definition) is 5. The van der Waals surface area contributed by atoms with Gasteiger partial charge in [-0.3, -0.25) is 4.99 Å². The smallest absolute Gasteiger partial charge is 0.331 e. The molecule has 0 amide bonds. The number of aliphatic hydroxyl groups excluding tert-OH is 2. The maximum Gasteiger partial charge on any atom is 0.331 e. The number of ether oxygens (including phenoxy) is 3. The number of cyclic esters (lactones) is 1. The minimum absolute atomic E-state index is 0.0228. The second-order valence-electron chi connectivity index (χ2n) is 15.6. The Kier molecular flexibility index (Phi) is 8.62. The van der Waals surface area contributed by atoms with Crippen LogP contribution < -0.4 is 0 Å². The van der Waals surface area contributed by atoms with Crippen molar-refractivity contribution in [3.8, 4) is 5.75 Å². The van der Waals surface area contributed by atoms with Crippen LogP contribution in [0.3, 0.4) is 0 Å². The molecule has 258 valence electrons. The van der Waals surface area contributed by atoms with Gasteiger partial charge in [-0.1, -0.05) is 19.1 Å². The number of nitrogens with zero attached hydrogens (tertiary/aromatic N) is 1. The molecule has 0 bridgehead atoms. The molecule has 5 N–H and O–H groups in total. The maximum absolute atomic E-state index is 12.7. The molecule has 10 nitrogen and oxygen atoms in total. The van der Waals surface area contributed by atoms with Gasteiger partial charge in [0.2, 0.25) is 0 Å². The quantitative estimate of drug-likeness (QED) is 0.168. The van der Waals surface area contributed by atoms with Gasteiger partial charge < -0.3 is 39.7 Å². The third-order valence-corrected chi connectivity index (χ3v) is 13.4. The number of esters is 1. The van der Waals surface area contributed by atoms with E-state index in [4.69, 9.17) is 19.2 Å². The molecule has 1 saturated heterocycles. The number of hydrogen-bond acceptors (Lipinski definition) is 10. The van der Waals surface area contributed by atoms with Gasteiger partial charge in [0.1, 0.15) is 18.5 Å². The van der Waals surface area contributed by atoms with E-state index in [0.29, 0.717) is 58.1 Å². The number of aliphatic hydroxyl groups is 4. The lowest BCUT2D eigenvalue weighted by Crippen LogP contribution is -2.69. The second kappa shape index (κ2) is 12.2. The summed E-state index contributed by atoms with van der Waals surface area (Å²) in [5.41, 5.74) is -1.00. The topological polar surface area (TPSA) is 158 Å². The lowest BCUT2D eigenvalue weighted by Gasteiger charge is -2.66. The summed E-state index contributed by atoms with van der Waals surface area (Å²) in [4.78, 5) is 17.0. The van der Waals surface area contributed by atoms with Crippen molar-refractivity contribution in [3.05, 3.63) is 41.5 Å². The van der Waals surface area contributed by atoms with E-state index in [0.717, 1.165) is 30.4 Å². The van der Waals surface area contributed by atoms with Crippen molar-refractivity contribution in [1.29, 1.82) is 0 Å². The van der Waals surface area contributed by atoms with E-state index in [2.05, 4.69) is 6.92 Å². The average molecular weight is 654 g/mol. The van der Waals surface area contributed by atoms with E-state index < -0.39 is 41.2 Å². The lowest BCUT2D eigenvalue weighted by atomic mass is 9.41. The molecule has 10 heteroatoms. The van der Waals surface area contributed by atoms with Crippen LogP contribution in [0.5, 0.6) is 5.75 Å². The Balaban J connectivity index is 1.15. The molecular weight excluding hydrogens is 602 g/mol. The minimum atomic E-state index is -1.10. The SMILES string of the molecule is C[C@@H]1O[C@H](O[C@H]2CC[C@]3(C=NCCc4ccc(O)cc4)[C@H]4CC[C@]5(C)[C@@H](C6=CC(=O)OC6)CC[C@]5(O)[C@@H]4CC[C@]3(O)C2)C[C@@H](O)[C@H]1O. The molecule has 4 saturated carbocycles. The van der Waals surface area contributed by atoms with Crippen LogP contribution in [-0.2, 0) is 25.4 Å². The van der Waals surface area contributed by atoms with Gasteiger partial charge in [-0.05, 0) is 106 Å². The number of carbonyl (C=O) groups is 1. The van der Waals surface area contributed by atoms with Crippen molar-refractivity contribution in [1.82, 2.24) is 0 Å². The minimum Gasteiger partial charge on any atom is -0.508 e. The zero-order chi connectivity index (χ0) is 33.2. The van der Waals surface area contributed by atoms with Crippen molar-refractivity contribution in [2.45, 2.75) is 126 Å². The maximum atomic E-state index is 12.7. The zero-order valence-electron chi connectivity index (χ0n) is 27.6. The van der Waals surface area contributed by atoms with Crippen LogP contribution >= 0.6 is 0 Å². The van der Waals surface area contributed by atoms with Crippen LogP contribution in [0, 0.1) is 28.6 Å². The van der Waals surface area contributed by atoms with E-state index in [1.54, 1.807) is 25.1 Å². The van der Waals surface area contributed by atoms with Crippen molar-refractivity contribution < 1.29 is 44.5 Å². The van der Waals surface area contributed by atoms with Crippen LogP contribution in [-0.4, -0.2) is 92.8 Å². The highest BCUT2D eigenvalue weighted by atomic mass is 16.7. The van der Waals surface area contributed by atoms with Gasteiger partial charge in [0.05, 0.1) is 29.5 Å². The van der Waals surface area contributed by atoms with Crippen LogP contribution in [0.15, 0.2) is 40.9 Å². The van der Waals surface area contributed by atoms with Crippen LogP contribution in [0.2, 0.25) is 0 Å². The Labute approximate surface area is 276 Å². The van der Waals surface area contributed by atoms with E-state index in [9.17, 15) is 30.3 Å². The first-order chi connectivity index (χ1) is 22.4. The van der Waals surface area contributed by atoms with E-state index in [-0.39, 0.29) is 47.4 Å². The summed E-state index contributed by atoms with van der Waals surface area (Å²) in [6.45, 7) is 4.77. The number of carbonyl (C=O) groups excluding carboxylic acids is 1. The molecule has 0 aromatic heterocycles. The highest BCUT2D eigenvalue weighted by Crippen LogP contribution is 2.70. The summed E-state index contributed by atoms with van der Waals surface area (Å²) in [6.07, 6.45) is 7.18. The molecule has 1 aromatic rings. The summed E-state index contributed by atoms with van der Waals surface area (Å²) in [5, 5.41) is 55.7. The number of rotatable bonds is 7. The fourth-order valence-corrected chi connectivity index (χ4v) is 10.9. The average Bonchev–Trinajstić information content (AvgIpc) is 3.58. The van der Waals surface area contributed by atoms with Crippen molar-refractivity contribution >= 4 is 12.2 Å². The first kappa shape index (κ1) is 33.2. The molecule has 0 spiro atoms. The van der Waals surface area contributed by atoms with Gasteiger partial charge >= 0.3 is 5.97 Å². The number of aromatic hydroxyl groups is 1. The van der Waals surface area contributed by atoms with Gasteiger partial charge in [-0.25, -0.2) is 4.79 Å². The first-order valence-electron chi connectivity index (χ1n) is 17.7. The largest absolute Gasteiger partial charge is 0.508 e. The van der Waals surface area contributed by atoms with Crippen molar-refractivity contribution in [3.63, 3.8) is 0 Å². The van der Waals surface area contributed by atoms with Crippen molar-refractivity contribution in [2.24, 2.45) is 33.6 Å². The molecule has 2 aliphatic heterocycles. The Morgan fingerprint density at radius 3 is 2.51 bits per heavy atom. The van der Waals surface area contributed by atoms with Crippen molar-refractivity contribution in [2.75, 3.05) is 13.2 Å². The molecular formula is C37H51NO9. The van der Waals surface area contributed by atoms with Crippen LogP contribution in [0.25, 0.3) is 0 Å². The van der Waals surface area contributed by atoms with Gasteiger partial charge in [0.25, 0.3) is 0 Å². The monoisotopic (exact) mass is 653 g/mol. The third kappa shape index (κ3) is 5.47. The van der Waals surface area contributed by atoms with Gasteiger partial charge in [0, 0.05) is 42.5 Å². The number of phenolic OH excluding ortho intramolecular Hbond substituents is 1. The number of fused-ring (bicyclic) bond motifs is 5. The molecule has 4 aliphatic carbocycles. The molecule has 0 unspecified atom stereocenters. The lowest BCUT2D eigenvalue weighted by molar-refractivity contribution is -0.282. The molecule has 7 rings (SSSR count). The van der Waals surface area contributed by atoms with Gasteiger partial charge in [0.15, 0.2) is 6.29 Å². The normalized spacial score (nSPS) is 46.4. The standard InChI is InChI=1S/C37H51NO9/c1-22-33(42)30(40)18-32(46-22)47-26-7-13-35(21-38-16-11-23-3-5-25(39)6-4-23)28-8-12-34(2)27(24-17-31(41)45-20-24)10-15-37(34,44)29(28)9-14-36(35,43)19-26/h3-6,17,21-22,26-30,32-33,39-40,42-44H,7-16,18-20H2,1-2H3/t22-,26-,27+,28-,29+,30+,32+,33-,34+,35-,36-,37-/m0/s1. The molecule has 5 fully saturated rings. The Hall–Kier alpha value is -2.34. The third-order valence-electron chi connectivity index (χ3n) is 13.4. The van der Waals surface area contributed by atoms with Gasteiger partial charge in [-0.15, -0.1) is 0 Å². The predicted molar refractivity (Wildman–Crippen MR) is 173 cm³/mol. The van der Waals surface area contributed by atoms with Crippen LogP contribution in [0.4, 0.5) is 0 Å². The summed E-state index contributed by atoms with van der Waals surface area (Å²) >= 11 is 0. The highest BCUT2D eigenvalue weighted by Gasteiger charge is 2.71. The fourth-order valence-electron chi connectivity index (χ4n) is 10.9. The Bertz CT molecular complexity index is 1390. The molecule has 47 heavy (non-hydrogen) atoms. The Morgan fingerprint density at radius 1 is 1.02 bits per heavy atom. The molecule has 12 atom stereocenters. The Morgan fingerprint density at radius 2 is 1.79 bits per heavy atom. The fraction of sp³-hybridized carbons (Fsp3) is 0.730. The van der Waals surface area contributed by atoms with Gasteiger partial charge in [-0.2, -0.15) is 0 Å². The van der Waals surface area contributed by atoms with E-state index in [1.807, 2.05) is 18.3 Å². The van der Waals surface area contributed by atoms with E-state index in [1.165, 1.54) is 0 Å². The number of phenols is 1. The number of benzene rings is 1. The molecule has 6 aliphatic rings. The molecule has 2 heterocycles. The highest BCUT2D eigenvalue weighted by molar-refractivity contribution is 5.85. The number of aliphatic imine (C=N–C) groups is 1. The molecule has 0 radical (unpaired) electrons. The summed E-state index contributed by atoms with van der Waals surface area (Å²) < 4.78 is 17.6. The second-order valence-corrected chi connectivity index (χ2v) is 15.6. The molecule has 1 aromatic carbocycles. The van der Waals surface area contributed by atoms with Crippen LogP contribution in [0.1, 0.15) is 83.6 Å². The zero-order valence-corrected chi connectivity index (χ0v) is 27.6. The first-order valence-corrected chi connectivity index (χ1v) is 17.7. The van der Waals surface area contributed by atoms with E-state index >= 15 is 0 Å². The predicted octanol–water partition coefficient (Wildman–Crippen LogP) is 3.60.